The molecule has 0 unspecified atom stereocenters. The molecule has 1 aromatic carbocycles. The Morgan fingerprint density at radius 2 is 2.04 bits per heavy atom. The van der Waals surface area contributed by atoms with Crippen LogP contribution < -0.4 is 5.32 Å². The second kappa shape index (κ2) is 6.24. The maximum absolute atomic E-state index is 12.7. The molecule has 7 nitrogen and oxygen atoms in total. The summed E-state index contributed by atoms with van der Waals surface area (Å²) in [6, 6.07) is 14.4. The topological polar surface area (TPSA) is 86.3 Å². The van der Waals surface area contributed by atoms with Crippen LogP contribution >= 0.6 is 0 Å². The van der Waals surface area contributed by atoms with Crippen molar-refractivity contribution >= 4 is 17.4 Å². The third-order valence-electron chi connectivity index (χ3n) is 4.42. The van der Waals surface area contributed by atoms with Gasteiger partial charge in [-0.15, -0.1) is 10.2 Å². The number of amides is 2. The van der Waals surface area contributed by atoms with E-state index in [0.717, 1.165) is 24.3 Å². The molecule has 0 radical (unpaired) electrons. The zero-order chi connectivity index (χ0) is 17.2. The maximum Gasteiger partial charge on any atom is 0.322 e. The third kappa shape index (κ3) is 2.78. The van der Waals surface area contributed by atoms with Crippen LogP contribution in [0.5, 0.6) is 0 Å². The van der Waals surface area contributed by atoms with Gasteiger partial charge < -0.3 is 10.2 Å². The average molecular weight is 332 g/mol. The predicted molar refractivity (Wildman–Crippen MR) is 91.8 cm³/mol. The Balaban J connectivity index is 1.56. The highest BCUT2D eigenvalue weighted by Gasteiger charge is 2.33. The second-order valence-electron chi connectivity index (χ2n) is 5.96. The lowest BCUT2D eigenvalue weighted by molar-refractivity contribution is 0.204. The summed E-state index contributed by atoms with van der Waals surface area (Å²) in [6.45, 7) is 0.675. The molecular formula is C18H16N6O. The van der Waals surface area contributed by atoms with E-state index in [1.807, 2.05) is 28.8 Å². The van der Waals surface area contributed by atoms with Gasteiger partial charge in [-0.2, -0.15) is 5.26 Å². The van der Waals surface area contributed by atoms with E-state index in [4.69, 9.17) is 5.26 Å². The number of nitrogens with zero attached hydrogens (tertiary/aromatic N) is 5. The van der Waals surface area contributed by atoms with Crippen LogP contribution in [0, 0.1) is 11.3 Å². The Morgan fingerprint density at radius 3 is 2.84 bits per heavy atom. The number of hydrogen-bond acceptors (Lipinski definition) is 4. The molecule has 1 N–H and O–H groups in total. The number of likely N-dealkylation sites (tertiary alicyclic amines) is 1. The first kappa shape index (κ1) is 15.1. The Morgan fingerprint density at radius 1 is 1.20 bits per heavy atom. The normalized spacial score (nSPS) is 16.8. The number of nitriles is 1. The average Bonchev–Trinajstić information content (AvgIpc) is 3.29. The van der Waals surface area contributed by atoms with Crippen LogP contribution in [0.15, 0.2) is 48.7 Å². The quantitative estimate of drug-likeness (QED) is 0.781. The molecule has 2 amide bonds. The van der Waals surface area contributed by atoms with Gasteiger partial charge in [0.25, 0.3) is 0 Å². The fraction of sp³-hybridized carbons (Fsp3) is 0.222. The van der Waals surface area contributed by atoms with Crippen molar-refractivity contribution in [2.24, 2.45) is 0 Å². The van der Waals surface area contributed by atoms with Crippen LogP contribution in [0.3, 0.4) is 0 Å². The van der Waals surface area contributed by atoms with Crippen molar-refractivity contribution in [2.45, 2.75) is 18.9 Å². The summed E-state index contributed by atoms with van der Waals surface area (Å²) in [5.41, 5.74) is 2.00. The third-order valence-corrected chi connectivity index (χ3v) is 4.42. The fourth-order valence-corrected chi connectivity index (χ4v) is 3.19. The first-order chi connectivity index (χ1) is 12.3. The minimum atomic E-state index is -0.167. The minimum Gasteiger partial charge on any atom is -0.314 e. The molecule has 3 heterocycles. The number of benzene rings is 1. The summed E-state index contributed by atoms with van der Waals surface area (Å²) in [4.78, 5) is 14.5. The van der Waals surface area contributed by atoms with Crippen molar-refractivity contribution in [1.29, 1.82) is 5.26 Å². The number of fused-ring (bicyclic) bond motifs is 1. The largest absolute Gasteiger partial charge is 0.322 e. The fourth-order valence-electron chi connectivity index (χ4n) is 3.19. The highest BCUT2D eigenvalue weighted by molar-refractivity contribution is 5.89. The van der Waals surface area contributed by atoms with E-state index >= 15 is 0 Å². The van der Waals surface area contributed by atoms with Crippen LogP contribution in [-0.2, 0) is 0 Å². The number of urea groups is 1. The molecule has 3 aromatic rings. The molecule has 0 bridgehead atoms. The Kier molecular flexibility index (Phi) is 3.78. The van der Waals surface area contributed by atoms with E-state index in [0.29, 0.717) is 17.8 Å². The Hall–Kier alpha value is -3.40. The highest BCUT2D eigenvalue weighted by Crippen LogP contribution is 2.31. The minimum absolute atomic E-state index is 0.101. The number of pyridine rings is 1. The zero-order valence-corrected chi connectivity index (χ0v) is 13.5. The molecule has 1 fully saturated rings. The summed E-state index contributed by atoms with van der Waals surface area (Å²) in [5, 5.41) is 20.2. The Labute approximate surface area is 144 Å². The van der Waals surface area contributed by atoms with Gasteiger partial charge in [0.15, 0.2) is 11.5 Å². The molecule has 0 saturated carbocycles. The number of carbonyl (C=O) groups is 1. The van der Waals surface area contributed by atoms with Gasteiger partial charge in [0.1, 0.15) is 0 Å². The van der Waals surface area contributed by atoms with Gasteiger partial charge in [0, 0.05) is 18.4 Å². The molecule has 1 aliphatic rings. The van der Waals surface area contributed by atoms with Crippen LogP contribution in [0.1, 0.15) is 30.3 Å². The summed E-state index contributed by atoms with van der Waals surface area (Å²) in [6.07, 6.45) is 3.70. The SMILES string of the molecule is N#Cc1ccc(NC(=O)N2CCC[C@H]2c2nnc3ccccn23)cc1. The van der Waals surface area contributed by atoms with Gasteiger partial charge in [0.05, 0.1) is 17.7 Å². The predicted octanol–water partition coefficient (Wildman–Crippen LogP) is 2.97. The van der Waals surface area contributed by atoms with Gasteiger partial charge in [-0.25, -0.2) is 4.79 Å². The highest BCUT2D eigenvalue weighted by atomic mass is 16.2. The molecular weight excluding hydrogens is 316 g/mol. The van der Waals surface area contributed by atoms with Gasteiger partial charge in [-0.05, 0) is 49.2 Å². The molecule has 124 valence electrons. The molecule has 2 aromatic heterocycles. The number of nitrogens with one attached hydrogen (secondary N) is 1. The molecule has 1 aliphatic heterocycles. The van der Waals surface area contributed by atoms with E-state index in [9.17, 15) is 4.79 Å². The summed E-state index contributed by atoms with van der Waals surface area (Å²) in [7, 11) is 0. The summed E-state index contributed by atoms with van der Waals surface area (Å²) < 4.78 is 1.93. The number of rotatable bonds is 2. The second-order valence-corrected chi connectivity index (χ2v) is 5.96. The van der Waals surface area contributed by atoms with E-state index in [1.54, 1.807) is 29.2 Å². The lowest BCUT2D eigenvalue weighted by Crippen LogP contribution is -2.35. The first-order valence-corrected chi connectivity index (χ1v) is 8.14. The number of carbonyl (C=O) groups excluding carboxylic acids is 1. The van der Waals surface area contributed by atoms with E-state index in [1.165, 1.54) is 0 Å². The van der Waals surface area contributed by atoms with Crippen LogP contribution in [-0.4, -0.2) is 32.1 Å². The van der Waals surface area contributed by atoms with Crippen molar-refractivity contribution in [3.8, 4) is 6.07 Å². The smallest absolute Gasteiger partial charge is 0.314 e. The zero-order valence-electron chi connectivity index (χ0n) is 13.5. The van der Waals surface area contributed by atoms with Crippen molar-refractivity contribution < 1.29 is 4.79 Å². The molecule has 25 heavy (non-hydrogen) atoms. The molecule has 0 spiro atoms. The number of anilines is 1. The molecule has 1 atom stereocenters. The van der Waals surface area contributed by atoms with Gasteiger partial charge >= 0.3 is 6.03 Å². The summed E-state index contributed by atoms with van der Waals surface area (Å²) in [5.74, 6) is 0.781. The van der Waals surface area contributed by atoms with Crippen molar-refractivity contribution in [3.05, 3.63) is 60.0 Å². The summed E-state index contributed by atoms with van der Waals surface area (Å²) >= 11 is 0. The lowest BCUT2D eigenvalue weighted by atomic mass is 10.2. The van der Waals surface area contributed by atoms with Crippen LogP contribution in [0.2, 0.25) is 0 Å². The van der Waals surface area contributed by atoms with Gasteiger partial charge in [0.2, 0.25) is 0 Å². The monoisotopic (exact) mass is 332 g/mol. The van der Waals surface area contributed by atoms with Crippen molar-refractivity contribution in [2.75, 3.05) is 11.9 Å². The van der Waals surface area contributed by atoms with E-state index in [2.05, 4.69) is 21.6 Å². The van der Waals surface area contributed by atoms with Gasteiger partial charge in [-0.3, -0.25) is 4.40 Å². The Bertz CT molecular complexity index is 956. The van der Waals surface area contributed by atoms with Crippen molar-refractivity contribution in [3.63, 3.8) is 0 Å². The van der Waals surface area contributed by atoms with Crippen LogP contribution in [0.4, 0.5) is 10.5 Å². The molecule has 4 rings (SSSR count). The first-order valence-electron chi connectivity index (χ1n) is 8.14. The van der Waals surface area contributed by atoms with E-state index < -0.39 is 0 Å². The molecule has 1 saturated heterocycles. The molecule has 7 heteroatoms. The van der Waals surface area contributed by atoms with Crippen molar-refractivity contribution in [1.82, 2.24) is 19.5 Å². The van der Waals surface area contributed by atoms with Gasteiger partial charge in [-0.1, -0.05) is 6.07 Å². The number of hydrogen-bond donors (Lipinski definition) is 1. The lowest BCUT2D eigenvalue weighted by Gasteiger charge is -2.23. The number of aromatic nitrogens is 3. The standard InChI is InChI=1S/C18H16N6O/c19-12-13-6-8-14(9-7-13)20-18(25)23-11-3-4-15(23)17-22-21-16-5-1-2-10-24(16)17/h1-2,5-10,15H,3-4,11H2,(H,20,25)/t15-/m0/s1. The maximum atomic E-state index is 12.7. The molecule has 0 aliphatic carbocycles. The van der Waals surface area contributed by atoms with Crippen LogP contribution in [0.25, 0.3) is 5.65 Å². The van der Waals surface area contributed by atoms with E-state index in [-0.39, 0.29) is 12.1 Å².